The summed E-state index contributed by atoms with van der Waals surface area (Å²) in [5.74, 6) is -1.60. The Morgan fingerprint density at radius 1 is 0.846 bits per heavy atom. The standard InChI is InChI=1S/C16H28N4O6/c1-19(9-13(21)22)15(25)17-7-11-4-3-5-12(6-11)8-18-16(26)20(2)10-14(23)24/h11-12H,3-10H2,1-2H3,(H,17,25)(H,18,26)(H,21,22)(H,23,24)/t11-,12-/m0/s1. The molecular formula is C16H28N4O6. The third-order valence-electron chi connectivity index (χ3n) is 4.41. The van der Waals surface area contributed by atoms with Crippen molar-refractivity contribution in [2.45, 2.75) is 25.7 Å². The fourth-order valence-corrected chi connectivity index (χ4v) is 3.06. The summed E-state index contributed by atoms with van der Waals surface area (Å²) in [5.41, 5.74) is 0. The molecule has 4 N–H and O–H groups in total. The van der Waals surface area contributed by atoms with Gasteiger partial charge in [-0.2, -0.15) is 0 Å². The molecule has 1 aliphatic rings. The minimum atomic E-state index is -1.07. The van der Waals surface area contributed by atoms with Gasteiger partial charge >= 0.3 is 24.0 Å². The van der Waals surface area contributed by atoms with Crippen molar-refractivity contribution >= 4 is 24.0 Å². The van der Waals surface area contributed by atoms with Crippen LogP contribution in [0.4, 0.5) is 9.59 Å². The van der Waals surface area contributed by atoms with Crippen molar-refractivity contribution in [3.63, 3.8) is 0 Å². The van der Waals surface area contributed by atoms with Crippen LogP contribution in [0.3, 0.4) is 0 Å². The van der Waals surface area contributed by atoms with E-state index in [0.717, 1.165) is 35.5 Å². The second-order valence-electron chi connectivity index (χ2n) is 6.77. The zero-order chi connectivity index (χ0) is 19.7. The number of carbonyl (C=O) groups is 4. The van der Waals surface area contributed by atoms with E-state index in [1.165, 1.54) is 14.1 Å². The van der Waals surface area contributed by atoms with Gasteiger partial charge < -0.3 is 30.6 Å². The van der Waals surface area contributed by atoms with E-state index in [0.29, 0.717) is 13.1 Å². The van der Waals surface area contributed by atoms with E-state index in [1.54, 1.807) is 0 Å². The van der Waals surface area contributed by atoms with Crippen LogP contribution in [0.15, 0.2) is 0 Å². The van der Waals surface area contributed by atoms with E-state index < -0.39 is 24.0 Å². The lowest BCUT2D eigenvalue weighted by Crippen LogP contribution is -2.44. The van der Waals surface area contributed by atoms with Crippen LogP contribution in [0.5, 0.6) is 0 Å². The van der Waals surface area contributed by atoms with E-state index in [-0.39, 0.29) is 24.9 Å². The molecule has 0 aliphatic heterocycles. The number of carboxylic acid groups (broad SMARTS) is 2. The number of amides is 4. The van der Waals surface area contributed by atoms with Crippen molar-refractivity contribution in [3.05, 3.63) is 0 Å². The summed E-state index contributed by atoms with van der Waals surface area (Å²) < 4.78 is 0. The summed E-state index contributed by atoms with van der Waals surface area (Å²) in [6.07, 6.45) is 3.75. The van der Waals surface area contributed by atoms with Gasteiger partial charge in [0.15, 0.2) is 0 Å². The first-order valence-corrected chi connectivity index (χ1v) is 8.60. The van der Waals surface area contributed by atoms with Gasteiger partial charge in [0.05, 0.1) is 0 Å². The molecule has 10 heteroatoms. The van der Waals surface area contributed by atoms with Crippen molar-refractivity contribution in [2.24, 2.45) is 11.8 Å². The first-order valence-electron chi connectivity index (χ1n) is 8.60. The maximum absolute atomic E-state index is 11.8. The van der Waals surface area contributed by atoms with Gasteiger partial charge in [-0.25, -0.2) is 9.59 Å². The Labute approximate surface area is 152 Å². The minimum absolute atomic E-state index is 0.268. The molecular weight excluding hydrogens is 344 g/mol. The maximum atomic E-state index is 11.8. The van der Waals surface area contributed by atoms with Crippen LogP contribution >= 0.6 is 0 Å². The van der Waals surface area contributed by atoms with Gasteiger partial charge in [0.2, 0.25) is 0 Å². The van der Waals surface area contributed by atoms with Gasteiger partial charge in [-0.15, -0.1) is 0 Å². The Bertz CT molecular complexity index is 483. The molecule has 2 atom stereocenters. The van der Waals surface area contributed by atoms with Gasteiger partial charge in [-0.1, -0.05) is 6.42 Å². The highest BCUT2D eigenvalue weighted by molar-refractivity contribution is 5.80. The molecule has 0 aromatic heterocycles. The molecule has 0 radical (unpaired) electrons. The molecule has 0 bridgehead atoms. The number of nitrogens with zero attached hydrogens (tertiary/aromatic N) is 2. The number of nitrogens with one attached hydrogen (secondary N) is 2. The molecule has 1 rings (SSSR count). The SMILES string of the molecule is CN(CC(=O)O)C(=O)NC[C@H]1CCC[C@H](CNC(=O)N(C)CC(=O)O)C1. The number of hydrogen-bond donors (Lipinski definition) is 4. The third-order valence-corrected chi connectivity index (χ3v) is 4.41. The van der Waals surface area contributed by atoms with Crippen LogP contribution < -0.4 is 10.6 Å². The summed E-state index contributed by atoms with van der Waals surface area (Å²) in [6, 6.07) is -0.837. The summed E-state index contributed by atoms with van der Waals surface area (Å²) in [6.45, 7) is 0.225. The molecule has 1 aliphatic carbocycles. The van der Waals surface area contributed by atoms with Gasteiger partial charge in [0, 0.05) is 27.2 Å². The average molecular weight is 372 g/mol. The zero-order valence-corrected chi connectivity index (χ0v) is 15.2. The van der Waals surface area contributed by atoms with Crippen LogP contribution in [-0.2, 0) is 9.59 Å². The van der Waals surface area contributed by atoms with Crippen LogP contribution in [0.2, 0.25) is 0 Å². The zero-order valence-electron chi connectivity index (χ0n) is 15.2. The van der Waals surface area contributed by atoms with E-state index in [2.05, 4.69) is 10.6 Å². The van der Waals surface area contributed by atoms with Crippen LogP contribution in [0, 0.1) is 11.8 Å². The fraction of sp³-hybridized carbons (Fsp3) is 0.750. The van der Waals surface area contributed by atoms with Crippen LogP contribution in [-0.4, -0.2) is 84.3 Å². The lowest BCUT2D eigenvalue weighted by atomic mass is 9.81. The number of carbonyl (C=O) groups excluding carboxylic acids is 2. The second kappa shape index (κ2) is 10.5. The van der Waals surface area contributed by atoms with Gasteiger partial charge in [0.1, 0.15) is 13.1 Å². The monoisotopic (exact) mass is 372 g/mol. The fourth-order valence-electron chi connectivity index (χ4n) is 3.06. The summed E-state index contributed by atoms with van der Waals surface area (Å²) in [4.78, 5) is 47.1. The third kappa shape index (κ3) is 8.04. The number of aliphatic carboxylic acids is 2. The number of rotatable bonds is 8. The predicted octanol–water partition coefficient (Wildman–Crippen LogP) is 0.245. The Kier molecular flexibility index (Phi) is 8.66. The first-order chi connectivity index (χ1) is 12.2. The van der Waals surface area contributed by atoms with E-state index >= 15 is 0 Å². The Morgan fingerprint density at radius 2 is 1.23 bits per heavy atom. The maximum Gasteiger partial charge on any atom is 0.323 e. The number of hydrogen-bond acceptors (Lipinski definition) is 4. The lowest BCUT2D eigenvalue weighted by Gasteiger charge is -2.30. The quantitative estimate of drug-likeness (QED) is 0.481. The highest BCUT2D eigenvalue weighted by Gasteiger charge is 2.24. The Hall–Kier alpha value is -2.52. The van der Waals surface area contributed by atoms with Crippen molar-refractivity contribution in [1.82, 2.24) is 20.4 Å². The molecule has 1 saturated carbocycles. The van der Waals surface area contributed by atoms with E-state index in [4.69, 9.17) is 10.2 Å². The normalized spacial score (nSPS) is 19.3. The molecule has 4 amide bonds. The van der Waals surface area contributed by atoms with Crippen LogP contribution in [0.25, 0.3) is 0 Å². The number of urea groups is 2. The minimum Gasteiger partial charge on any atom is -0.480 e. The topological polar surface area (TPSA) is 139 Å². The molecule has 148 valence electrons. The Morgan fingerprint density at radius 3 is 1.58 bits per heavy atom. The molecule has 0 aromatic rings. The molecule has 0 spiro atoms. The average Bonchev–Trinajstić information content (AvgIpc) is 2.56. The highest BCUT2D eigenvalue weighted by atomic mass is 16.4. The Balaban J connectivity index is 2.33. The summed E-state index contributed by atoms with van der Waals surface area (Å²) in [5, 5.41) is 22.9. The molecule has 0 aromatic carbocycles. The molecule has 0 unspecified atom stereocenters. The summed E-state index contributed by atoms with van der Waals surface area (Å²) >= 11 is 0. The predicted molar refractivity (Wildman–Crippen MR) is 92.8 cm³/mol. The molecule has 0 saturated heterocycles. The van der Waals surface area contributed by atoms with Crippen LogP contribution in [0.1, 0.15) is 25.7 Å². The second-order valence-corrected chi connectivity index (χ2v) is 6.77. The van der Waals surface area contributed by atoms with Crippen molar-refractivity contribution < 1.29 is 29.4 Å². The van der Waals surface area contributed by atoms with Gasteiger partial charge in [-0.3, -0.25) is 9.59 Å². The molecule has 0 heterocycles. The van der Waals surface area contributed by atoms with E-state index in [9.17, 15) is 19.2 Å². The van der Waals surface area contributed by atoms with E-state index in [1.807, 2.05) is 0 Å². The molecule has 1 fully saturated rings. The van der Waals surface area contributed by atoms with Gasteiger partial charge in [0.25, 0.3) is 0 Å². The molecule has 26 heavy (non-hydrogen) atoms. The number of carboxylic acids is 2. The summed E-state index contributed by atoms with van der Waals surface area (Å²) in [7, 11) is 2.85. The van der Waals surface area contributed by atoms with Crippen molar-refractivity contribution in [2.75, 3.05) is 40.3 Å². The highest BCUT2D eigenvalue weighted by Crippen LogP contribution is 2.28. The van der Waals surface area contributed by atoms with Gasteiger partial charge in [-0.05, 0) is 31.1 Å². The first kappa shape index (κ1) is 21.5. The number of likely N-dealkylation sites (N-methyl/N-ethyl adjacent to an activating group) is 2. The van der Waals surface area contributed by atoms with Crippen molar-refractivity contribution in [1.29, 1.82) is 0 Å². The lowest BCUT2D eigenvalue weighted by molar-refractivity contribution is -0.138. The van der Waals surface area contributed by atoms with Crippen molar-refractivity contribution in [3.8, 4) is 0 Å². The molecule has 10 nitrogen and oxygen atoms in total. The smallest absolute Gasteiger partial charge is 0.323 e. The largest absolute Gasteiger partial charge is 0.480 e.